The molecule has 7 aromatic rings. The van der Waals surface area contributed by atoms with Crippen molar-refractivity contribution in [1.82, 2.24) is 9.97 Å². The number of nitrogens with zero attached hydrogens (tertiary/aromatic N) is 2. The van der Waals surface area contributed by atoms with E-state index in [1.54, 1.807) is 6.20 Å². The van der Waals surface area contributed by atoms with Gasteiger partial charge in [-0.25, -0.2) is 4.98 Å². The van der Waals surface area contributed by atoms with Crippen molar-refractivity contribution in [2.45, 2.75) is 0 Å². The van der Waals surface area contributed by atoms with E-state index in [9.17, 15) is 0 Å². The number of hydrogen-bond donors (Lipinski definition) is 0. The first-order valence-electron chi connectivity index (χ1n) is 11.7. The van der Waals surface area contributed by atoms with Crippen LogP contribution in [-0.4, -0.2) is 9.97 Å². The van der Waals surface area contributed by atoms with Gasteiger partial charge >= 0.3 is 0 Å². The van der Waals surface area contributed by atoms with Crippen molar-refractivity contribution in [2.24, 2.45) is 0 Å². The van der Waals surface area contributed by atoms with Gasteiger partial charge in [-0.2, -0.15) is 0 Å². The van der Waals surface area contributed by atoms with Crippen LogP contribution in [0.2, 0.25) is 0 Å². The lowest BCUT2D eigenvalue weighted by molar-refractivity contribution is 0.473. The fourth-order valence-electron chi connectivity index (χ4n) is 5.15. The lowest BCUT2D eigenvalue weighted by Gasteiger charge is -2.18. The summed E-state index contributed by atoms with van der Waals surface area (Å²) in [5.41, 5.74) is 2.36. The third-order valence-electron chi connectivity index (χ3n) is 6.66. The Kier molecular flexibility index (Phi) is 4.46. The van der Waals surface area contributed by atoms with Gasteiger partial charge in [0, 0.05) is 40.8 Å². The molecule has 3 heteroatoms. The van der Waals surface area contributed by atoms with Crippen molar-refractivity contribution in [2.75, 3.05) is 0 Å². The van der Waals surface area contributed by atoms with Gasteiger partial charge in [0.15, 0.2) is 0 Å². The van der Waals surface area contributed by atoms with Crippen molar-refractivity contribution < 1.29 is 4.74 Å². The van der Waals surface area contributed by atoms with Gasteiger partial charge in [0.1, 0.15) is 5.75 Å². The molecule has 0 radical (unpaired) electrons. The average molecular weight is 449 g/mol. The van der Waals surface area contributed by atoms with Crippen LogP contribution >= 0.6 is 0 Å². The first kappa shape index (κ1) is 19.7. The second kappa shape index (κ2) is 7.93. The molecule has 0 aliphatic carbocycles. The lowest BCUT2D eigenvalue weighted by Crippen LogP contribution is -1.94. The number of aromatic nitrogens is 2. The van der Waals surface area contributed by atoms with E-state index in [1.807, 2.05) is 36.7 Å². The molecule has 0 unspecified atom stereocenters. The third kappa shape index (κ3) is 3.13. The van der Waals surface area contributed by atoms with Crippen LogP contribution in [-0.2, 0) is 0 Å². The van der Waals surface area contributed by atoms with Crippen molar-refractivity contribution in [3.8, 4) is 22.8 Å². The van der Waals surface area contributed by atoms with Gasteiger partial charge in [-0.3, -0.25) is 4.98 Å². The zero-order chi connectivity index (χ0) is 23.2. The van der Waals surface area contributed by atoms with Crippen molar-refractivity contribution >= 4 is 43.1 Å². The molecule has 0 fully saturated rings. The zero-order valence-electron chi connectivity index (χ0n) is 18.8. The van der Waals surface area contributed by atoms with Crippen molar-refractivity contribution in [3.63, 3.8) is 0 Å². The van der Waals surface area contributed by atoms with Gasteiger partial charge in [0.2, 0.25) is 5.88 Å². The Bertz CT molecular complexity index is 1820. The van der Waals surface area contributed by atoms with Crippen LogP contribution in [0.4, 0.5) is 0 Å². The predicted molar refractivity (Wildman–Crippen MR) is 144 cm³/mol. The summed E-state index contributed by atoms with van der Waals surface area (Å²) in [6.07, 6.45) is 5.52. The van der Waals surface area contributed by atoms with Gasteiger partial charge in [-0.05, 0) is 56.3 Å². The molecule has 0 amide bonds. The number of rotatable bonds is 3. The smallest absolute Gasteiger partial charge is 0.219 e. The van der Waals surface area contributed by atoms with Crippen LogP contribution in [0.5, 0.6) is 11.6 Å². The van der Waals surface area contributed by atoms with Crippen LogP contribution in [0, 0.1) is 0 Å². The molecule has 3 nitrogen and oxygen atoms in total. The fourth-order valence-corrected chi connectivity index (χ4v) is 5.15. The Labute approximate surface area is 202 Å². The molecule has 0 saturated carbocycles. The Morgan fingerprint density at radius 2 is 1.20 bits per heavy atom. The molecule has 0 saturated heterocycles. The van der Waals surface area contributed by atoms with Gasteiger partial charge in [0.05, 0.1) is 0 Å². The topological polar surface area (TPSA) is 35.0 Å². The summed E-state index contributed by atoms with van der Waals surface area (Å²) in [5, 5.41) is 9.18. The number of hydrogen-bond acceptors (Lipinski definition) is 3. The molecule has 2 heterocycles. The third-order valence-corrected chi connectivity index (χ3v) is 6.66. The molecule has 35 heavy (non-hydrogen) atoms. The Morgan fingerprint density at radius 3 is 2.03 bits per heavy atom. The number of pyridine rings is 2. The van der Waals surface area contributed by atoms with Gasteiger partial charge in [-0.1, -0.05) is 78.9 Å². The monoisotopic (exact) mass is 448 g/mol. The molecular weight excluding hydrogens is 428 g/mol. The highest BCUT2D eigenvalue weighted by molar-refractivity contribution is 6.23. The quantitative estimate of drug-likeness (QED) is 0.201. The normalized spacial score (nSPS) is 11.4. The van der Waals surface area contributed by atoms with Crippen LogP contribution in [0.1, 0.15) is 0 Å². The SMILES string of the molecule is c1ccc(Oc2c3ccccc3c(-c3cc4ccccc4c4ccccc34)c3cnccc23)nc1. The summed E-state index contributed by atoms with van der Waals surface area (Å²) in [6.45, 7) is 0. The number of benzene rings is 5. The van der Waals surface area contributed by atoms with Crippen molar-refractivity contribution in [1.29, 1.82) is 0 Å². The molecule has 0 atom stereocenters. The molecule has 0 bridgehead atoms. The molecule has 0 N–H and O–H groups in total. The van der Waals surface area contributed by atoms with E-state index >= 15 is 0 Å². The molecule has 164 valence electrons. The van der Waals surface area contributed by atoms with Gasteiger partial charge in [-0.15, -0.1) is 0 Å². The largest absolute Gasteiger partial charge is 0.438 e. The minimum absolute atomic E-state index is 0.569. The number of fused-ring (bicyclic) bond motifs is 5. The highest BCUT2D eigenvalue weighted by Crippen LogP contribution is 2.46. The van der Waals surface area contributed by atoms with E-state index in [0.29, 0.717) is 5.88 Å². The van der Waals surface area contributed by atoms with Crippen LogP contribution in [0.25, 0.3) is 54.2 Å². The van der Waals surface area contributed by atoms with Crippen LogP contribution < -0.4 is 4.74 Å². The van der Waals surface area contributed by atoms with E-state index in [2.05, 4.69) is 88.8 Å². The first-order chi connectivity index (χ1) is 17.4. The zero-order valence-corrected chi connectivity index (χ0v) is 18.8. The maximum absolute atomic E-state index is 6.41. The lowest BCUT2D eigenvalue weighted by atomic mass is 9.87. The second-order valence-electron chi connectivity index (χ2n) is 8.63. The van der Waals surface area contributed by atoms with Crippen LogP contribution in [0.15, 0.2) is 122 Å². The Hall–Kier alpha value is -4.76. The predicted octanol–water partition coefficient (Wildman–Crippen LogP) is 8.55. The molecular formula is C32H20N2O. The second-order valence-corrected chi connectivity index (χ2v) is 8.63. The van der Waals surface area contributed by atoms with Crippen molar-refractivity contribution in [3.05, 3.63) is 122 Å². The highest BCUT2D eigenvalue weighted by atomic mass is 16.5. The Balaban J connectivity index is 1.64. The molecule has 0 spiro atoms. The maximum atomic E-state index is 6.41. The molecule has 2 aromatic heterocycles. The summed E-state index contributed by atoms with van der Waals surface area (Å²) in [7, 11) is 0. The van der Waals surface area contributed by atoms with E-state index < -0.39 is 0 Å². The number of ether oxygens (including phenoxy) is 1. The summed E-state index contributed by atoms with van der Waals surface area (Å²) in [4.78, 5) is 8.93. The molecule has 0 aliphatic rings. The standard InChI is InChI=1S/C32H20N2O/c1-2-10-22-21(9-1)19-28(24-12-4-3-11-23(22)24)31-25-13-5-6-14-26(25)32(27-16-18-33-20-29(27)31)35-30-15-7-8-17-34-30/h1-20H. The summed E-state index contributed by atoms with van der Waals surface area (Å²) < 4.78 is 6.41. The van der Waals surface area contributed by atoms with E-state index in [1.165, 1.54) is 32.7 Å². The van der Waals surface area contributed by atoms with Gasteiger partial charge in [0.25, 0.3) is 0 Å². The van der Waals surface area contributed by atoms with E-state index in [0.717, 1.165) is 27.3 Å². The van der Waals surface area contributed by atoms with E-state index in [-0.39, 0.29) is 0 Å². The summed E-state index contributed by atoms with van der Waals surface area (Å²) in [5.74, 6) is 1.37. The maximum Gasteiger partial charge on any atom is 0.219 e. The highest BCUT2D eigenvalue weighted by Gasteiger charge is 2.19. The molecule has 0 aliphatic heterocycles. The van der Waals surface area contributed by atoms with E-state index in [4.69, 9.17) is 4.74 Å². The van der Waals surface area contributed by atoms with Crippen LogP contribution in [0.3, 0.4) is 0 Å². The minimum atomic E-state index is 0.569. The summed E-state index contributed by atoms with van der Waals surface area (Å²) >= 11 is 0. The fraction of sp³-hybridized carbons (Fsp3) is 0. The minimum Gasteiger partial charge on any atom is -0.438 e. The Morgan fingerprint density at radius 1 is 0.514 bits per heavy atom. The molecule has 5 aromatic carbocycles. The first-order valence-corrected chi connectivity index (χ1v) is 11.7. The average Bonchev–Trinajstić information content (AvgIpc) is 2.93. The van der Waals surface area contributed by atoms with Gasteiger partial charge < -0.3 is 4.74 Å². The summed E-state index contributed by atoms with van der Waals surface area (Å²) in [6, 6.07) is 35.7. The molecule has 7 rings (SSSR count).